The van der Waals surface area contributed by atoms with Crippen molar-refractivity contribution in [2.24, 2.45) is 7.05 Å². The molecule has 1 aromatic heterocycles. The Morgan fingerprint density at radius 1 is 1.55 bits per heavy atom. The summed E-state index contributed by atoms with van der Waals surface area (Å²) in [6, 6.07) is 0.245. The topological polar surface area (TPSA) is 47.4 Å². The van der Waals surface area contributed by atoms with Crippen LogP contribution in [0.3, 0.4) is 0 Å². The number of rotatable bonds is 3. The molecule has 112 valence electrons. The molecule has 0 aliphatic carbocycles. The van der Waals surface area contributed by atoms with Crippen molar-refractivity contribution < 1.29 is 9.53 Å². The molecule has 1 aliphatic heterocycles. The van der Waals surface area contributed by atoms with Gasteiger partial charge >= 0.3 is 5.97 Å². The van der Waals surface area contributed by atoms with Gasteiger partial charge in [0.1, 0.15) is 5.60 Å². The molecule has 0 radical (unpaired) electrons. The molecular weight excluding hydrogens is 274 g/mol. The normalized spacial score (nSPS) is 20.9. The van der Waals surface area contributed by atoms with Gasteiger partial charge in [-0.15, -0.1) is 0 Å². The van der Waals surface area contributed by atoms with E-state index in [0.717, 1.165) is 18.1 Å². The highest BCUT2D eigenvalue weighted by molar-refractivity contribution is 7.99. The summed E-state index contributed by atoms with van der Waals surface area (Å²) in [5, 5.41) is 4.23. The van der Waals surface area contributed by atoms with Gasteiger partial charge in [0.25, 0.3) is 0 Å². The molecule has 0 spiro atoms. The Kier molecular flexibility index (Phi) is 4.75. The van der Waals surface area contributed by atoms with Crippen LogP contribution >= 0.6 is 11.8 Å². The molecule has 5 nitrogen and oxygen atoms in total. The average Bonchev–Trinajstić information content (AvgIpc) is 2.74. The second-order valence-electron chi connectivity index (χ2n) is 6.09. The number of thioether (sulfide) groups is 1. The Morgan fingerprint density at radius 3 is 2.90 bits per heavy atom. The smallest absolute Gasteiger partial charge is 0.320 e. The lowest BCUT2D eigenvalue weighted by Gasteiger charge is -2.34. The van der Waals surface area contributed by atoms with E-state index < -0.39 is 5.60 Å². The molecule has 1 aromatic rings. The average molecular weight is 297 g/mol. The minimum absolute atomic E-state index is 0.154. The summed E-state index contributed by atoms with van der Waals surface area (Å²) in [7, 11) is 1.91. The Hall–Kier alpha value is -1.01. The zero-order valence-electron chi connectivity index (χ0n) is 12.6. The molecular formula is C14H23N3O2S. The van der Waals surface area contributed by atoms with Gasteiger partial charge in [0.15, 0.2) is 0 Å². The summed E-state index contributed by atoms with van der Waals surface area (Å²) in [6.45, 7) is 6.95. The zero-order chi connectivity index (χ0) is 14.8. The molecule has 0 bridgehead atoms. The van der Waals surface area contributed by atoms with E-state index >= 15 is 0 Å². The van der Waals surface area contributed by atoms with Crippen molar-refractivity contribution in [3.8, 4) is 0 Å². The zero-order valence-corrected chi connectivity index (χ0v) is 13.4. The maximum atomic E-state index is 12.0. The van der Waals surface area contributed by atoms with Crippen LogP contribution in [0.5, 0.6) is 0 Å². The Labute approximate surface area is 124 Å². The Bertz CT molecular complexity index is 467. The van der Waals surface area contributed by atoms with E-state index in [9.17, 15) is 4.79 Å². The van der Waals surface area contributed by atoms with Crippen LogP contribution in [0.25, 0.3) is 0 Å². The van der Waals surface area contributed by atoms with Gasteiger partial charge in [-0.05, 0) is 20.8 Å². The van der Waals surface area contributed by atoms with Gasteiger partial charge < -0.3 is 4.74 Å². The van der Waals surface area contributed by atoms with Crippen LogP contribution in [-0.4, -0.2) is 50.8 Å². The third-order valence-corrected chi connectivity index (χ3v) is 4.12. The quantitative estimate of drug-likeness (QED) is 0.797. The highest BCUT2D eigenvalue weighted by Crippen LogP contribution is 2.29. The number of esters is 1. The van der Waals surface area contributed by atoms with E-state index in [-0.39, 0.29) is 12.0 Å². The van der Waals surface area contributed by atoms with Crippen molar-refractivity contribution in [3.63, 3.8) is 0 Å². The molecule has 1 aliphatic rings. The number of aryl methyl sites for hydroxylation is 1. The van der Waals surface area contributed by atoms with Crippen molar-refractivity contribution >= 4 is 17.7 Å². The molecule has 0 aromatic carbocycles. The van der Waals surface area contributed by atoms with Gasteiger partial charge in [-0.25, -0.2) is 0 Å². The van der Waals surface area contributed by atoms with Gasteiger partial charge in [-0.1, -0.05) is 0 Å². The van der Waals surface area contributed by atoms with Gasteiger partial charge in [0.2, 0.25) is 0 Å². The van der Waals surface area contributed by atoms with Gasteiger partial charge in [0.05, 0.1) is 12.7 Å². The minimum Gasteiger partial charge on any atom is -0.459 e. The largest absolute Gasteiger partial charge is 0.459 e. The second-order valence-corrected chi connectivity index (χ2v) is 7.24. The number of carbonyl (C=O) groups excluding carboxylic acids is 1. The van der Waals surface area contributed by atoms with Crippen molar-refractivity contribution in [1.29, 1.82) is 0 Å². The van der Waals surface area contributed by atoms with Crippen LogP contribution in [0.4, 0.5) is 0 Å². The van der Waals surface area contributed by atoms with Crippen LogP contribution < -0.4 is 0 Å². The molecule has 0 saturated carbocycles. The third kappa shape index (κ3) is 4.24. The molecule has 1 saturated heterocycles. The first-order valence-corrected chi connectivity index (χ1v) is 8.03. The van der Waals surface area contributed by atoms with Crippen LogP contribution in [0.15, 0.2) is 12.4 Å². The van der Waals surface area contributed by atoms with E-state index in [1.54, 1.807) is 4.68 Å². The Balaban J connectivity index is 2.02. The van der Waals surface area contributed by atoms with Crippen LogP contribution in [0.2, 0.25) is 0 Å². The Morgan fingerprint density at radius 2 is 2.30 bits per heavy atom. The van der Waals surface area contributed by atoms with Crippen molar-refractivity contribution in [2.75, 3.05) is 24.6 Å². The monoisotopic (exact) mass is 297 g/mol. The van der Waals surface area contributed by atoms with Gasteiger partial charge in [-0.3, -0.25) is 14.4 Å². The molecule has 0 unspecified atom stereocenters. The van der Waals surface area contributed by atoms with E-state index in [2.05, 4.69) is 10.00 Å². The number of hydrogen-bond acceptors (Lipinski definition) is 5. The minimum atomic E-state index is -0.425. The summed E-state index contributed by atoms with van der Waals surface area (Å²) in [6.07, 6.45) is 3.91. The lowest BCUT2D eigenvalue weighted by molar-refractivity contribution is -0.156. The van der Waals surface area contributed by atoms with E-state index in [4.69, 9.17) is 4.74 Å². The SMILES string of the molecule is Cn1cc([C@H]2CSCCN2CC(=O)OC(C)(C)C)cn1. The summed E-state index contributed by atoms with van der Waals surface area (Å²) in [5.74, 6) is 1.90. The molecule has 6 heteroatoms. The van der Waals surface area contributed by atoms with Crippen molar-refractivity contribution in [1.82, 2.24) is 14.7 Å². The fourth-order valence-electron chi connectivity index (χ4n) is 2.29. The molecule has 20 heavy (non-hydrogen) atoms. The lowest BCUT2D eigenvalue weighted by Crippen LogP contribution is -2.41. The maximum Gasteiger partial charge on any atom is 0.320 e. The van der Waals surface area contributed by atoms with Crippen LogP contribution in [0.1, 0.15) is 32.4 Å². The highest BCUT2D eigenvalue weighted by atomic mass is 32.2. The van der Waals surface area contributed by atoms with E-state index in [0.29, 0.717) is 6.54 Å². The highest BCUT2D eigenvalue weighted by Gasteiger charge is 2.28. The van der Waals surface area contributed by atoms with Gasteiger partial charge in [-0.2, -0.15) is 16.9 Å². The first-order valence-electron chi connectivity index (χ1n) is 6.87. The number of aromatic nitrogens is 2. The molecule has 0 amide bonds. The molecule has 2 rings (SSSR count). The van der Waals surface area contributed by atoms with Crippen LogP contribution in [-0.2, 0) is 16.6 Å². The fourth-order valence-corrected chi connectivity index (χ4v) is 3.44. The summed E-state index contributed by atoms with van der Waals surface area (Å²) >= 11 is 1.92. The first-order chi connectivity index (χ1) is 9.35. The lowest BCUT2D eigenvalue weighted by atomic mass is 10.1. The standard InChI is InChI=1S/C14H23N3O2S/c1-14(2,3)19-13(18)9-17-5-6-20-10-12(17)11-7-15-16(4)8-11/h7-8,12H,5-6,9-10H2,1-4H3/t12-/m1/s1. The summed E-state index contributed by atoms with van der Waals surface area (Å²) in [4.78, 5) is 14.2. The molecule has 1 atom stereocenters. The summed E-state index contributed by atoms with van der Waals surface area (Å²) < 4.78 is 7.23. The van der Waals surface area contributed by atoms with Gasteiger partial charge in [0, 0.05) is 42.9 Å². The predicted octanol–water partition coefficient (Wildman–Crippen LogP) is 1.85. The fraction of sp³-hybridized carbons (Fsp3) is 0.714. The second kappa shape index (κ2) is 6.18. The molecule has 2 heterocycles. The predicted molar refractivity (Wildman–Crippen MR) is 80.7 cm³/mol. The summed E-state index contributed by atoms with van der Waals surface area (Å²) in [5.41, 5.74) is 0.745. The van der Waals surface area contributed by atoms with Crippen molar-refractivity contribution in [2.45, 2.75) is 32.4 Å². The van der Waals surface area contributed by atoms with Crippen LogP contribution in [0, 0.1) is 0 Å². The molecule has 0 N–H and O–H groups in total. The van der Waals surface area contributed by atoms with E-state index in [1.165, 1.54) is 5.56 Å². The van der Waals surface area contributed by atoms with Crippen molar-refractivity contribution in [3.05, 3.63) is 18.0 Å². The number of ether oxygens (including phenoxy) is 1. The number of nitrogens with zero attached hydrogens (tertiary/aromatic N) is 3. The first kappa shape index (κ1) is 15.4. The van der Waals surface area contributed by atoms with E-state index in [1.807, 2.05) is 52.0 Å². The molecule has 1 fully saturated rings. The number of hydrogen-bond donors (Lipinski definition) is 0. The maximum absolute atomic E-state index is 12.0. The number of carbonyl (C=O) groups is 1. The third-order valence-electron chi connectivity index (χ3n) is 3.10.